The zero-order valence-corrected chi connectivity index (χ0v) is 16.3. The number of amides is 1. The van der Waals surface area contributed by atoms with Crippen LogP contribution in [0.25, 0.3) is 10.9 Å². The number of aryl methyl sites for hydroxylation is 2. The molecule has 7 heteroatoms. The quantitative estimate of drug-likeness (QED) is 0.737. The van der Waals surface area contributed by atoms with Crippen LogP contribution in [0, 0.1) is 13.8 Å². The van der Waals surface area contributed by atoms with Crippen LogP contribution in [-0.4, -0.2) is 37.8 Å². The number of rotatable bonds is 5. The first-order chi connectivity index (χ1) is 13.6. The number of aromatic nitrogens is 4. The van der Waals surface area contributed by atoms with E-state index in [4.69, 9.17) is 4.74 Å². The van der Waals surface area contributed by atoms with Crippen molar-refractivity contribution in [2.45, 2.75) is 58.2 Å². The molecular weight excluding hydrogens is 354 g/mol. The van der Waals surface area contributed by atoms with Crippen LogP contribution >= 0.6 is 0 Å². The highest BCUT2D eigenvalue weighted by molar-refractivity contribution is 5.79. The zero-order chi connectivity index (χ0) is 19.5. The monoisotopic (exact) mass is 379 g/mol. The summed E-state index contributed by atoms with van der Waals surface area (Å²) in [6.07, 6.45) is 5.67. The molecule has 7 nitrogen and oxygen atoms in total. The number of pyridine rings is 1. The molecule has 4 rings (SSSR count). The van der Waals surface area contributed by atoms with Crippen molar-refractivity contribution >= 4 is 16.8 Å². The standard InChI is InChI=1S/C21H25N5O2/c1-14-23-15(2)26(25-14)13-21(27)24-17-5-7-18(8-6-17)28-19-9-10-20-16(12-19)4-3-11-22-20/h3-4,9-12,17-18H,5-8,13H2,1-2H3,(H,24,27). The van der Waals surface area contributed by atoms with Gasteiger partial charge < -0.3 is 10.1 Å². The number of fused-ring (bicyclic) bond motifs is 1. The Bertz CT molecular complexity index is 976. The Morgan fingerprint density at radius 1 is 1.21 bits per heavy atom. The van der Waals surface area contributed by atoms with E-state index in [0.717, 1.165) is 48.2 Å². The van der Waals surface area contributed by atoms with Gasteiger partial charge in [-0.1, -0.05) is 6.07 Å². The van der Waals surface area contributed by atoms with Gasteiger partial charge in [0, 0.05) is 17.6 Å². The summed E-state index contributed by atoms with van der Waals surface area (Å²) in [5, 5.41) is 8.45. The minimum atomic E-state index is -0.0144. The van der Waals surface area contributed by atoms with E-state index >= 15 is 0 Å². The third-order valence-electron chi connectivity index (χ3n) is 5.17. The van der Waals surface area contributed by atoms with Crippen LogP contribution in [0.4, 0.5) is 0 Å². The lowest BCUT2D eigenvalue weighted by Crippen LogP contribution is -2.41. The molecule has 0 bridgehead atoms. The van der Waals surface area contributed by atoms with Crippen LogP contribution in [0.3, 0.4) is 0 Å². The van der Waals surface area contributed by atoms with E-state index in [9.17, 15) is 4.79 Å². The average Bonchev–Trinajstić information content (AvgIpc) is 3.00. The smallest absolute Gasteiger partial charge is 0.242 e. The number of ether oxygens (including phenoxy) is 1. The highest BCUT2D eigenvalue weighted by atomic mass is 16.5. The number of carbonyl (C=O) groups is 1. The SMILES string of the molecule is Cc1nc(C)n(CC(=O)NC2CCC(Oc3ccc4ncccc4c3)CC2)n1. The summed E-state index contributed by atoms with van der Waals surface area (Å²) in [6, 6.07) is 10.2. The number of benzene rings is 1. The summed E-state index contributed by atoms with van der Waals surface area (Å²) in [5.41, 5.74) is 0.971. The van der Waals surface area contributed by atoms with Crippen LogP contribution in [0.5, 0.6) is 5.75 Å². The summed E-state index contributed by atoms with van der Waals surface area (Å²) in [7, 11) is 0. The largest absolute Gasteiger partial charge is 0.490 e. The van der Waals surface area contributed by atoms with E-state index in [1.165, 1.54) is 0 Å². The van der Waals surface area contributed by atoms with Gasteiger partial charge in [0.05, 0.1) is 11.6 Å². The maximum absolute atomic E-state index is 12.3. The molecule has 1 amide bonds. The molecule has 1 fully saturated rings. The summed E-state index contributed by atoms with van der Waals surface area (Å²) < 4.78 is 7.81. The van der Waals surface area contributed by atoms with Gasteiger partial charge in [-0.05, 0) is 63.8 Å². The molecule has 3 aromatic rings. The van der Waals surface area contributed by atoms with Gasteiger partial charge in [0.15, 0.2) is 0 Å². The molecular formula is C21H25N5O2. The maximum atomic E-state index is 12.3. The minimum absolute atomic E-state index is 0.0144. The van der Waals surface area contributed by atoms with E-state index in [1.54, 1.807) is 10.9 Å². The first-order valence-corrected chi connectivity index (χ1v) is 9.76. The summed E-state index contributed by atoms with van der Waals surface area (Å²) in [6.45, 7) is 3.90. The van der Waals surface area contributed by atoms with Gasteiger partial charge >= 0.3 is 0 Å². The summed E-state index contributed by atoms with van der Waals surface area (Å²) in [4.78, 5) is 20.9. The van der Waals surface area contributed by atoms with Crippen molar-refractivity contribution in [1.29, 1.82) is 0 Å². The van der Waals surface area contributed by atoms with Crippen molar-refractivity contribution in [2.75, 3.05) is 0 Å². The normalized spacial score (nSPS) is 19.5. The predicted molar refractivity (Wildman–Crippen MR) is 106 cm³/mol. The lowest BCUT2D eigenvalue weighted by molar-refractivity contribution is -0.122. The third kappa shape index (κ3) is 4.30. The van der Waals surface area contributed by atoms with Gasteiger partial charge in [-0.15, -0.1) is 0 Å². The minimum Gasteiger partial charge on any atom is -0.490 e. The van der Waals surface area contributed by atoms with Crippen LogP contribution < -0.4 is 10.1 Å². The zero-order valence-electron chi connectivity index (χ0n) is 16.3. The Balaban J connectivity index is 1.27. The molecule has 1 saturated carbocycles. The number of nitrogens with one attached hydrogen (secondary N) is 1. The first kappa shape index (κ1) is 18.4. The van der Waals surface area contributed by atoms with Crippen LogP contribution in [-0.2, 0) is 11.3 Å². The van der Waals surface area contributed by atoms with Gasteiger partial charge in [-0.25, -0.2) is 9.67 Å². The van der Waals surface area contributed by atoms with Gasteiger partial charge in [0.2, 0.25) is 5.91 Å². The van der Waals surface area contributed by atoms with Crippen molar-refractivity contribution in [3.63, 3.8) is 0 Å². The van der Waals surface area contributed by atoms with Crippen LogP contribution in [0.15, 0.2) is 36.5 Å². The van der Waals surface area contributed by atoms with Crippen molar-refractivity contribution < 1.29 is 9.53 Å². The predicted octanol–water partition coefficient (Wildman–Crippen LogP) is 2.95. The summed E-state index contributed by atoms with van der Waals surface area (Å²) in [5.74, 6) is 2.31. The molecule has 1 aromatic carbocycles. The van der Waals surface area contributed by atoms with Crippen LogP contribution in [0.1, 0.15) is 37.3 Å². The Labute approximate surface area is 164 Å². The number of nitrogens with zero attached hydrogens (tertiary/aromatic N) is 4. The summed E-state index contributed by atoms with van der Waals surface area (Å²) >= 11 is 0. The van der Waals surface area contributed by atoms with E-state index < -0.39 is 0 Å². The fourth-order valence-corrected chi connectivity index (χ4v) is 3.76. The molecule has 146 valence electrons. The molecule has 0 saturated heterocycles. The second kappa shape index (κ2) is 7.96. The van der Waals surface area contributed by atoms with E-state index in [-0.39, 0.29) is 24.6 Å². The maximum Gasteiger partial charge on any atom is 0.242 e. The van der Waals surface area contributed by atoms with E-state index in [0.29, 0.717) is 5.82 Å². The molecule has 0 unspecified atom stereocenters. The Morgan fingerprint density at radius 2 is 2.04 bits per heavy atom. The number of hydrogen-bond acceptors (Lipinski definition) is 5. The second-order valence-electron chi connectivity index (χ2n) is 7.38. The molecule has 0 atom stereocenters. The Kier molecular flexibility index (Phi) is 5.23. The van der Waals surface area contributed by atoms with E-state index in [2.05, 4.69) is 20.4 Å². The Morgan fingerprint density at radius 3 is 2.79 bits per heavy atom. The highest BCUT2D eigenvalue weighted by Crippen LogP contribution is 2.26. The second-order valence-corrected chi connectivity index (χ2v) is 7.38. The molecule has 0 spiro atoms. The Hall–Kier alpha value is -2.96. The lowest BCUT2D eigenvalue weighted by Gasteiger charge is -2.29. The molecule has 1 aliphatic carbocycles. The molecule has 28 heavy (non-hydrogen) atoms. The van der Waals surface area contributed by atoms with Gasteiger partial charge in [0.25, 0.3) is 0 Å². The lowest BCUT2D eigenvalue weighted by atomic mass is 9.93. The fourth-order valence-electron chi connectivity index (χ4n) is 3.76. The van der Waals surface area contributed by atoms with Crippen molar-refractivity contribution in [3.05, 3.63) is 48.2 Å². The molecule has 0 radical (unpaired) electrons. The topological polar surface area (TPSA) is 81.9 Å². The van der Waals surface area contributed by atoms with Crippen molar-refractivity contribution in [1.82, 2.24) is 25.1 Å². The van der Waals surface area contributed by atoms with Crippen molar-refractivity contribution in [2.24, 2.45) is 0 Å². The average molecular weight is 379 g/mol. The third-order valence-corrected chi connectivity index (χ3v) is 5.17. The van der Waals surface area contributed by atoms with Gasteiger partial charge in [-0.3, -0.25) is 9.78 Å². The van der Waals surface area contributed by atoms with Gasteiger partial charge in [-0.2, -0.15) is 5.10 Å². The highest BCUT2D eigenvalue weighted by Gasteiger charge is 2.24. The molecule has 2 aromatic heterocycles. The number of carbonyl (C=O) groups excluding carboxylic acids is 1. The molecule has 1 aliphatic rings. The molecule has 0 aliphatic heterocycles. The molecule has 2 heterocycles. The van der Waals surface area contributed by atoms with Gasteiger partial charge in [0.1, 0.15) is 23.9 Å². The van der Waals surface area contributed by atoms with E-state index in [1.807, 2.05) is 44.2 Å². The number of hydrogen-bond donors (Lipinski definition) is 1. The van der Waals surface area contributed by atoms with Crippen LogP contribution in [0.2, 0.25) is 0 Å². The fraction of sp³-hybridized carbons (Fsp3) is 0.429. The molecule has 1 N–H and O–H groups in total. The van der Waals surface area contributed by atoms with Crippen molar-refractivity contribution in [3.8, 4) is 5.75 Å². The first-order valence-electron chi connectivity index (χ1n) is 9.76.